The highest BCUT2D eigenvalue weighted by molar-refractivity contribution is 5.93. The molecule has 1 aromatic rings. The average Bonchev–Trinajstić information content (AvgIpc) is 2.76. The molecule has 0 fully saturated rings. The molecule has 1 heterocycles. The van der Waals surface area contributed by atoms with E-state index >= 15 is 0 Å². The molecule has 0 radical (unpaired) electrons. The predicted octanol–water partition coefficient (Wildman–Crippen LogP) is 2.20. The summed E-state index contributed by atoms with van der Waals surface area (Å²) in [5.74, 6) is -0.0582. The number of rotatable bonds is 8. The summed E-state index contributed by atoms with van der Waals surface area (Å²) in [6.45, 7) is 5.52. The number of hydrogen-bond acceptors (Lipinski definition) is 3. The fraction of sp³-hybridized carbons (Fsp3) is 0.643. The Morgan fingerprint density at radius 1 is 1.42 bits per heavy atom. The Bertz CT molecular complexity index is 399. The molecule has 3 N–H and O–H groups in total. The number of nitrogens with two attached hydrogens (primary N) is 1. The molecule has 0 aliphatic heterocycles. The van der Waals surface area contributed by atoms with Crippen molar-refractivity contribution < 1.29 is 9.53 Å². The van der Waals surface area contributed by atoms with Crippen LogP contribution in [0.2, 0.25) is 0 Å². The van der Waals surface area contributed by atoms with Gasteiger partial charge in [-0.05, 0) is 39.2 Å². The summed E-state index contributed by atoms with van der Waals surface area (Å²) in [5, 5.41) is 2.93. The molecule has 0 aliphatic rings. The zero-order valence-corrected chi connectivity index (χ0v) is 12.1. The van der Waals surface area contributed by atoms with E-state index in [0.29, 0.717) is 17.9 Å². The van der Waals surface area contributed by atoms with Crippen molar-refractivity contribution in [2.75, 3.05) is 26.0 Å². The molecule has 0 saturated heterocycles. The summed E-state index contributed by atoms with van der Waals surface area (Å²) < 4.78 is 6.88. The molecule has 1 rings (SSSR count). The molecule has 1 aromatic heterocycles. The molecular formula is C14H25N3O2. The minimum atomic E-state index is -0.0582. The number of carbonyl (C=O) groups is 1. The Balaban J connectivity index is 2.41. The summed E-state index contributed by atoms with van der Waals surface area (Å²) in [4.78, 5) is 12.1. The van der Waals surface area contributed by atoms with Gasteiger partial charge < -0.3 is 20.4 Å². The molecule has 5 nitrogen and oxygen atoms in total. The van der Waals surface area contributed by atoms with Gasteiger partial charge in [0, 0.05) is 32.5 Å². The van der Waals surface area contributed by atoms with Crippen LogP contribution in [-0.2, 0) is 4.74 Å². The number of nitrogens with one attached hydrogen (secondary N) is 1. The third-order valence-corrected chi connectivity index (χ3v) is 2.97. The van der Waals surface area contributed by atoms with Gasteiger partial charge in [-0.3, -0.25) is 4.79 Å². The van der Waals surface area contributed by atoms with E-state index in [9.17, 15) is 4.79 Å². The van der Waals surface area contributed by atoms with E-state index in [0.717, 1.165) is 25.9 Å². The topological polar surface area (TPSA) is 69.3 Å². The lowest BCUT2D eigenvalue weighted by atomic mass is 10.2. The molecular weight excluding hydrogens is 242 g/mol. The lowest BCUT2D eigenvalue weighted by Crippen LogP contribution is -2.27. The van der Waals surface area contributed by atoms with Gasteiger partial charge in [0.1, 0.15) is 5.69 Å². The van der Waals surface area contributed by atoms with Crippen LogP contribution in [0.3, 0.4) is 0 Å². The molecule has 19 heavy (non-hydrogen) atoms. The number of methoxy groups -OCH3 is 1. The average molecular weight is 267 g/mol. The van der Waals surface area contributed by atoms with Crippen LogP contribution in [0.25, 0.3) is 0 Å². The summed E-state index contributed by atoms with van der Waals surface area (Å²) >= 11 is 0. The van der Waals surface area contributed by atoms with E-state index < -0.39 is 0 Å². The van der Waals surface area contributed by atoms with Crippen LogP contribution in [0, 0.1) is 0 Å². The molecule has 0 spiro atoms. The summed E-state index contributed by atoms with van der Waals surface area (Å²) in [5.41, 5.74) is 7.00. The van der Waals surface area contributed by atoms with Crippen molar-refractivity contribution in [3.05, 3.63) is 18.0 Å². The lowest BCUT2D eigenvalue weighted by Gasteiger charge is -2.12. The third kappa shape index (κ3) is 4.95. The number of aromatic nitrogens is 1. The molecule has 0 aliphatic carbocycles. The van der Waals surface area contributed by atoms with Crippen molar-refractivity contribution in [2.24, 2.45) is 0 Å². The third-order valence-electron chi connectivity index (χ3n) is 2.97. The van der Waals surface area contributed by atoms with Crippen LogP contribution >= 0.6 is 0 Å². The lowest BCUT2D eigenvalue weighted by molar-refractivity contribution is 0.0942. The zero-order chi connectivity index (χ0) is 14.3. The fourth-order valence-electron chi connectivity index (χ4n) is 1.95. The Morgan fingerprint density at radius 3 is 2.79 bits per heavy atom. The molecule has 0 aromatic carbocycles. The molecule has 0 unspecified atom stereocenters. The molecule has 0 atom stereocenters. The minimum absolute atomic E-state index is 0.0582. The predicted molar refractivity (Wildman–Crippen MR) is 77.3 cm³/mol. The number of unbranched alkanes of at least 4 members (excludes halogenated alkanes) is 2. The Hall–Kier alpha value is -1.49. The molecule has 1 amide bonds. The summed E-state index contributed by atoms with van der Waals surface area (Å²) in [6.07, 6.45) is 4.86. The van der Waals surface area contributed by atoms with Gasteiger partial charge in [0.05, 0.1) is 5.69 Å². The number of amides is 1. The van der Waals surface area contributed by atoms with Crippen LogP contribution in [-0.4, -0.2) is 30.7 Å². The van der Waals surface area contributed by atoms with E-state index in [-0.39, 0.29) is 11.9 Å². The normalized spacial score (nSPS) is 10.9. The van der Waals surface area contributed by atoms with Crippen molar-refractivity contribution >= 4 is 11.6 Å². The number of carbonyl (C=O) groups excluding carboxylic acids is 1. The first-order valence-electron chi connectivity index (χ1n) is 6.80. The molecule has 108 valence electrons. The number of hydrogen-bond donors (Lipinski definition) is 2. The van der Waals surface area contributed by atoms with Crippen molar-refractivity contribution in [3.63, 3.8) is 0 Å². The highest BCUT2D eigenvalue weighted by atomic mass is 16.5. The second kappa shape index (κ2) is 7.84. The maximum absolute atomic E-state index is 12.1. The fourth-order valence-corrected chi connectivity index (χ4v) is 1.95. The van der Waals surface area contributed by atoms with E-state index in [1.807, 2.05) is 18.4 Å². The second-order valence-corrected chi connectivity index (χ2v) is 4.97. The number of nitrogens with zero attached hydrogens (tertiary/aromatic N) is 1. The van der Waals surface area contributed by atoms with Crippen LogP contribution in [0.1, 0.15) is 49.6 Å². The van der Waals surface area contributed by atoms with Crippen LogP contribution < -0.4 is 11.1 Å². The first kappa shape index (κ1) is 15.6. The van der Waals surface area contributed by atoms with Crippen LogP contribution in [0.5, 0.6) is 0 Å². The largest absolute Gasteiger partial charge is 0.397 e. The van der Waals surface area contributed by atoms with E-state index in [1.54, 1.807) is 19.4 Å². The van der Waals surface area contributed by atoms with Gasteiger partial charge in [-0.1, -0.05) is 0 Å². The van der Waals surface area contributed by atoms with Crippen LogP contribution in [0.15, 0.2) is 12.3 Å². The number of anilines is 1. The van der Waals surface area contributed by atoms with E-state index in [1.165, 1.54) is 0 Å². The smallest absolute Gasteiger partial charge is 0.267 e. The minimum Gasteiger partial charge on any atom is -0.397 e. The van der Waals surface area contributed by atoms with Gasteiger partial charge in [-0.2, -0.15) is 0 Å². The van der Waals surface area contributed by atoms with Gasteiger partial charge in [0.15, 0.2) is 0 Å². The van der Waals surface area contributed by atoms with Gasteiger partial charge in [-0.25, -0.2) is 0 Å². The maximum atomic E-state index is 12.1. The van der Waals surface area contributed by atoms with E-state index in [2.05, 4.69) is 5.32 Å². The second-order valence-electron chi connectivity index (χ2n) is 4.97. The van der Waals surface area contributed by atoms with Gasteiger partial charge in [0.25, 0.3) is 5.91 Å². The monoisotopic (exact) mass is 267 g/mol. The quantitative estimate of drug-likeness (QED) is 0.709. The highest BCUT2D eigenvalue weighted by Gasteiger charge is 2.13. The molecule has 0 bridgehead atoms. The van der Waals surface area contributed by atoms with Gasteiger partial charge >= 0.3 is 0 Å². The first-order chi connectivity index (χ1) is 9.06. The number of nitrogen functional groups attached to an aromatic ring is 1. The summed E-state index contributed by atoms with van der Waals surface area (Å²) in [6, 6.07) is 1.94. The SMILES string of the molecule is COCCCCCNC(=O)c1cc(N)cn1C(C)C. The highest BCUT2D eigenvalue weighted by Crippen LogP contribution is 2.16. The maximum Gasteiger partial charge on any atom is 0.267 e. The molecule has 0 saturated carbocycles. The Labute approximate surface area is 115 Å². The number of ether oxygens (including phenoxy) is 1. The molecule has 5 heteroatoms. The van der Waals surface area contributed by atoms with Crippen molar-refractivity contribution in [2.45, 2.75) is 39.2 Å². The van der Waals surface area contributed by atoms with Crippen LogP contribution in [0.4, 0.5) is 5.69 Å². The van der Waals surface area contributed by atoms with E-state index in [4.69, 9.17) is 10.5 Å². The zero-order valence-electron chi connectivity index (χ0n) is 12.1. The standard InChI is InChI=1S/C14H25N3O2/c1-11(2)17-10-12(15)9-13(17)14(18)16-7-5-4-6-8-19-3/h9-11H,4-8,15H2,1-3H3,(H,16,18). The van der Waals surface area contributed by atoms with Gasteiger partial charge in [-0.15, -0.1) is 0 Å². The van der Waals surface area contributed by atoms with Crippen molar-refractivity contribution in [3.8, 4) is 0 Å². The van der Waals surface area contributed by atoms with Crippen molar-refractivity contribution in [1.29, 1.82) is 0 Å². The summed E-state index contributed by atoms with van der Waals surface area (Å²) in [7, 11) is 1.70. The van der Waals surface area contributed by atoms with Gasteiger partial charge in [0.2, 0.25) is 0 Å². The van der Waals surface area contributed by atoms with Crippen molar-refractivity contribution in [1.82, 2.24) is 9.88 Å². The Kier molecular flexibility index (Phi) is 6.42. The Morgan fingerprint density at radius 2 is 2.16 bits per heavy atom. The first-order valence-corrected chi connectivity index (χ1v) is 6.80.